The minimum atomic E-state index is -0.0822. The molecule has 1 aromatic rings. The number of carbonyl (C=O) groups excluding carboxylic acids is 2. The first-order valence-electron chi connectivity index (χ1n) is 7.95. The van der Waals surface area contributed by atoms with Gasteiger partial charge < -0.3 is 10.2 Å². The van der Waals surface area contributed by atoms with Crippen LogP contribution in [0.1, 0.15) is 32.1 Å². The predicted octanol–water partition coefficient (Wildman–Crippen LogP) is 3.91. The fourth-order valence-electron chi connectivity index (χ4n) is 2.77. The molecule has 1 aliphatic carbocycles. The van der Waals surface area contributed by atoms with E-state index in [1.807, 2.05) is 36.2 Å². The Balaban J connectivity index is 1.69. The molecule has 0 radical (unpaired) electrons. The average Bonchev–Trinajstić information content (AvgIpc) is 2.55. The molecule has 2 rings (SSSR count). The Morgan fingerprint density at radius 1 is 1.26 bits per heavy atom. The molecule has 0 spiro atoms. The van der Waals surface area contributed by atoms with Gasteiger partial charge in [0, 0.05) is 23.2 Å². The SMILES string of the molecule is CN(C(=O)CSCC(=O)Nc1cccc(Br)c1)C1CCCCC1. The molecule has 1 aromatic carbocycles. The third kappa shape index (κ3) is 6.18. The van der Waals surface area contributed by atoms with Crippen LogP contribution < -0.4 is 5.32 Å². The number of anilines is 1. The first kappa shape index (κ1) is 18.3. The molecule has 0 bridgehead atoms. The van der Waals surface area contributed by atoms with Crippen LogP contribution in [0.15, 0.2) is 28.7 Å². The zero-order valence-corrected chi connectivity index (χ0v) is 15.8. The van der Waals surface area contributed by atoms with Crippen molar-refractivity contribution in [3.05, 3.63) is 28.7 Å². The number of thioether (sulfide) groups is 1. The molecule has 1 saturated carbocycles. The first-order chi connectivity index (χ1) is 11.1. The van der Waals surface area contributed by atoms with Crippen molar-refractivity contribution in [1.29, 1.82) is 0 Å². The first-order valence-corrected chi connectivity index (χ1v) is 9.90. The maximum absolute atomic E-state index is 12.2. The van der Waals surface area contributed by atoms with Crippen LogP contribution in [-0.2, 0) is 9.59 Å². The van der Waals surface area contributed by atoms with Crippen LogP contribution in [0, 0.1) is 0 Å². The lowest BCUT2D eigenvalue weighted by atomic mass is 9.94. The van der Waals surface area contributed by atoms with Crippen molar-refractivity contribution in [2.24, 2.45) is 0 Å². The molecule has 0 heterocycles. The van der Waals surface area contributed by atoms with Crippen LogP contribution in [0.4, 0.5) is 5.69 Å². The molecule has 4 nitrogen and oxygen atoms in total. The normalized spacial score (nSPS) is 15.2. The van der Waals surface area contributed by atoms with Crippen molar-refractivity contribution in [1.82, 2.24) is 4.90 Å². The second-order valence-corrected chi connectivity index (χ2v) is 7.75. The van der Waals surface area contributed by atoms with Gasteiger partial charge in [0.25, 0.3) is 0 Å². The summed E-state index contributed by atoms with van der Waals surface area (Å²) in [5.41, 5.74) is 0.760. The summed E-state index contributed by atoms with van der Waals surface area (Å²) in [5, 5.41) is 2.83. The number of hydrogen-bond acceptors (Lipinski definition) is 3. The molecule has 0 unspecified atom stereocenters. The highest BCUT2D eigenvalue weighted by Gasteiger charge is 2.21. The van der Waals surface area contributed by atoms with E-state index in [0.29, 0.717) is 11.8 Å². The van der Waals surface area contributed by atoms with Gasteiger partial charge in [0.05, 0.1) is 11.5 Å². The molecule has 6 heteroatoms. The zero-order chi connectivity index (χ0) is 16.7. The highest BCUT2D eigenvalue weighted by molar-refractivity contribution is 9.10. The van der Waals surface area contributed by atoms with Gasteiger partial charge in [-0.2, -0.15) is 0 Å². The zero-order valence-electron chi connectivity index (χ0n) is 13.4. The lowest BCUT2D eigenvalue weighted by Gasteiger charge is -2.31. The van der Waals surface area contributed by atoms with E-state index in [-0.39, 0.29) is 17.6 Å². The van der Waals surface area contributed by atoms with Gasteiger partial charge in [0.2, 0.25) is 11.8 Å². The smallest absolute Gasteiger partial charge is 0.234 e. The Labute approximate surface area is 150 Å². The van der Waals surface area contributed by atoms with Crippen LogP contribution in [-0.4, -0.2) is 41.3 Å². The largest absolute Gasteiger partial charge is 0.342 e. The molecular formula is C17H23BrN2O2S. The standard InChI is InChI=1S/C17H23BrN2O2S/c1-20(15-8-3-2-4-9-15)17(22)12-23-11-16(21)19-14-7-5-6-13(18)10-14/h5-7,10,15H,2-4,8-9,11-12H2,1H3,(H,19,21). The van der Waals surface area contributed by atoms with E-state index >= 15 is 0 Å². The summed E-state index contributed by atoms with van der Waals surface area (Å²) in [4.78, 5) is 26.0. The van der Waals surface area contributed by atoms with Crippen molar-refractivity contribution in [3.8, 4) is 0 Å². The molecule has 23 heavy (non-hydrogen) atoms. The van der Waals surface area contributed by atoms with Crippen LogP contribution in [0.25, 0.3) is 0 Å². The van der Waals surface area contributed by atoms with Crippen molar-refractivity contribution in [2.75, 3.05) is 23.9 Å². The van der Waals surface area contributed by atoms with Crippen LogP contribution in [0.2, 0.25) is 0 Å². The minimum absolute atomic E-state index is 0.0822. The maximum Gasteiger partial charge on any atom is 0.234 e. The summed E-state index contributed by atoms with van der Waals surface area (Å²) < 4.78 is 0.923. The highest BCUT2D eigenvalue weighted by Crippen LogP contribution is 2.22. The number of rotatable bonds is 6. The van der Waals surface area contributed by atoms with Gasteiger partial charge >= 0.3 is 0 Å². The van der Waals surface area contributed by atoms with E-state index < -0.39 is 0 Å². The highest BCUT2D eigenvalue weighted by atomic mass is 79.9. The summed E-state index contributed by atoms with van der Waals surface area (Å²) >= 11 is 4.74. The summed E-state index contributed by atoms with van der Waals surface area (Å²) in [6.07, 6.45) is 5.92. The molecular weight excluding hydrogens is 376 g/mol. The van der Waals surface area contributed by atoms with Gasteiger partial charge in [-0.3, -0.25) is 9.59 Å². The Kier molecular flexibility index (Phi) is 7.43. The van der Waals surface area contributed by atoms with Gasteiger partial charge in [0.1, 0.15) is 0 Å². The van der Waals surface area contributed by atoms with Crippen molar-refractivity contribution >= 4 is 45.2 Å². The Hall–Kier alpha value is -1.01. The second kappa shape index (κ2) is 9.33. The number of halogens is 1. The van der Waals surface area contributed by atoms with Gasteiger partial charge in [0.15, 0.2) is 0 Å². The number of nitrogens with one attached hydrogen (secondary N) is 1. The van der Waals surface area contributed by atoms with E-state index in [2.05, 4.69) is 21.2 Å². The third-order valence-electron chi connectivity index (χ3n) is 4.08. The van der Waals surface area contributed by atoms with Crippen molar-refractivity contribution in [3.63, 3.8) is 0 Å². The van der Waals surface area contributed by atoms with E-state index in [0.717, 1.165) is 23.0 Å². The monoisotopic (exact) mass is 398 g/mol. The minimum Gasteiger partial charge on any atom is -0.342 e. The fourth-order valence-corrected chi connectivity index (χ4v) is 3.91. The van der Waals surface area contributed by atoms with Crippen LogP contribution in [0.3, 0.4) is 0 Å². The fraction of sp³-hybridized carbons (Fsp3) is 0.529. The Morgan fingerprint density at radius 2 is 2.00 bits per heavy atom. The molecule has 2 amide bonds. The molecule has 0 atom stereocenters. The number of amides is 2. The second-order valence-electron chi connectivity index (χ2n) is 5.85. The molecule has 0 saturated heterocycles. The Morgan fingerprint density at radius 3 is 2.70 bits per heavy atom. The van der Waals surface area contributed by atoms with Gasteiger partial charge in [-0.1, -0.05) is 41.3 Å². The van der Waals surface area contributed by atoms with Gasteiger partial charge in [-0.25, -0.2) is 0 Å². The summed E-state index contributed by atoms with van der Waals surface area (Å²) in [6, 6.07) is 7.85. The molecule has 0 aliphatic heterocycles. The van der Waals surface area contributed by atoms with E-state index in [4.69, 9.17) is 0 Å². The van der Waals surface area contributed by atoms with Gasteiger partial charge in [-0.15, -0.1) is 11.8 Å². The van der Waals surface area contributed by atoms with E-state index in [1.54, 1.807) is 0 Å². The summed E-state index contributed by atoms with van der Waals surface area (Å²) in [6.45, 7) is 0. The number of benzene rings is 1. The summed E-state index contributed by atoms with van der Waals surface area (Å²) in [7, 11) is 1.89. The Bertz CT molecular complexity index is 547. The number of nitrogens with zero attached hydrogens (tertiary/aromatic N) is 1. The van der Waals surface area contributed by atoms with E-state index in [9.17, 15) is 9.59 Å². The number of hydrogen-bond donors (Lipinski definition) is 1. The van der Waals surface area contributed by atoms with Crippen molar-refractivity contribution < 1.29 is 9.59 Å². The lowest BCUT2D eigenvalue weighted by Crippen LogP contribution is -2.39. The molecule has 126 valence electrons. The van der Waals surface area contributed by atoms with Gasteiger partial charge in [-0.05, 0) is 31.0 Å². The number of carbonyl (C=O) groups is 2. The average molecular weight is 399 g/mol. The molecule has 1 fully saturated rings. The van der Waals surface area contributed by atoms with E-state index in [1.165, 1.54) is 31.0 Å². The third-order valence-corrected chi connectivity index (χ3v) is 5.49. The molecule has 1 aliphatic rings. The maximum atomic E-state index is 12.2. The quantitative estimate of drug-likeness (QED) is 0.789. The van der Waals surface area contributed by atoms with Crippen LogP contribution in [0.5, 0.6) is 0 Å². The predicted molar refractivity (Wildman–Crippen MR) is 99.7 cm³/mol. The van der Waals surface area contributed by atoms with Crippen LogP contribution >= 0.6 is 27.7 Å². The molecule has 1 N–H and O–H groups in total. The lowest BCUT2D eigenvalue weighted by molar-refractivity contribution is -0.129. The summed E-state index contributed by atoms with van der Waals surface area (Å²) in [5.74, 6) is 0.689. The topological polar surface area (TPSA) is 49.4 Å². The van der Waals surface area contributed by atoms with Crippen molar-refractivity contribution in [2.45, 2.75) is 38.1 Å². The molecule has 0 aromatic heterocycles.